The van der Waals surface area contributed by atoms with Crippen LogP contribution in [0.25, 0.3) is 0 Å². The second kappa shape index (κ2) is 6.97. The number of ether oxygens (including phenoxy) is 2. The normalized spacial score (nSPS) is 17.3. The van der Waals surface area contributed by atoms with Gasteiger partial charge in [0, 0.05) is 25.3 Å². The summed E-state index contributed by atoms with van der Waals surface area (Å²) in [5, 5.41) is 2.48. The molecule has 5 nitrogen and oxygen atoms in total. The van der Waals surface area contributed by atoms with E-state index in [-0.39, 0.29) is 17.9 Å². The van der Waals surface area contributed by atoms with Gasteiger partial charge in [-0.05, 0) is 25.0 Å². The summed E-state index contributed by atoms with van der Waals surface area (Å²) in [6.07, 6.45) is 0.687. The molecule has 0 radical (unpaired) electrons. The molecule has 1 heterocycles. The Balaban J connectivity index is 2.06. The molecule has 0 saturated carbocycles. The SMILES string of the molecule is NC1(C(=O)NCc2c(F)cccc2OC(F)F)CCOCC1. The van der Waals surface area contributed by atoms with Gasteiger partial charge in [-0.2, -0.15) is 8.78 Å². The van der Waals surface area contributed by atoms with E-state index < -0.39 is 23.9 Å². The summed E-state index contributed by atoms with van der Waals surface area (Å²) in [7, 11) is 0. The molecular weight excluding hydrogens is 301 g/mol. The highest BCUT2D eigenvalue weighted by Gasteiger charge is 2.35. The number of halogens is 3. The molecule has 0 spiro atoms. The van der Waals surface area contributed by atoms with E-state index in [2.05, 4.69) is 10.1 Å². The summed E-state index contributed by atoms with van der Waals surface area (Å²) in [5.74, 6) is -1.52. The van der Waals surface area contributed by atoms with Gasteiger partial charge in [-0.3, -0.25) is 4.79 Å². The number of amides is 1. The number of hydrogen-bond acceptors (Lipinski definition) is 4. The van der Waals surface area contributed by atoms with Crippen molar-refractivity contribution in [2.24, 2.45) is 5.73 Å². The lowest BCUT2D eigenvalue weighted by atomic mass is 9.90. The molecule has 122 valence electrons. The van der Waals surface area contributed by atoms with E-state index in [4.69, 9.17) is 10.5 Å². The minimum absolute atomic E-state index is 0.146. The molecule has 8 heteroatoms. The van der Waals surface area contributed by atoms with Gasteiger partial charge in [0.15, 0.2) is 0 Å². The third-order valence-corrected chi connectivity index (χ3v) is 3.55. The molecule has 0 aromatic heterocycles. The minimum atomic E-state index is -3.08. The molecule has 1 fully saturated rings. The topological polar surface area (TPSA) is 73.6 Å². The highest BCUT2D eigenvalue weighted by Crippen LogP contribution is 2.24. The Kier molecular flexibility index (Phi) is 5.25. The lowest BCUT2D eigenvalue weighted by Gasteiger charge is -2.31. The Morgan fingerprint density at radius 2 is 2.09 bits per heavy atom. The molecule has 2 rings (SSSR count). The molecule has 1 saturated heterocycles. The van der Waals surface area contributed by atoms with Gasteiger partial charge in [-0.1, -0.05) is 6.07 Å². The van der Waals surface area contributed by atoms with Crippen LogP contribution in [0, 0.1) is 5.82 Å². The maximum Gasteiger partial charge on any atom is 0.387 e. The number of rotatable bonds is 5. The summed E-state index contributed by atoms with van der Waals surface area (Å²) in [6.45, 7) is -2.63. The molecule has 0 atom stereocenters. The van der Waals surface area contributed by atoms with Crippen LogP contribution < -0.4 is 15.8 Å². The summed E-state index contributed by atoms with van der Waals surface area (Å²) in [5.41, 5.74) is 4.75. The zero-order chi connectivity index (χ0) is 16.2. The highest BCUT2D eigenvalue weighted by atomic mass is 19.3. The largest absolute Gasteiger partial charge is 0.434 e. The zero-order valence-electron chi connectivity index (χ0n) is 11.8. The second-order valence-corrected chi connectivity index (χ2v) is 5.05. The molecule has 1 aromatic carbocycles. The minimum Gasteiger partial charge on any atom is -0.434 e. The van der Waals surface area contributed by atoms with Gasteiger partial charge < -0.3 is 20.5 Å². The van der Waals surface area contributed by atoms with Crippen molar-refractivity contribution in [2.45, 2.75) is 31.5 Å². The van der Waals surface area contributed by atoms with Crippen LogP contribution >= 0.6 is 0 Å². The smallest absolute Gasteiger partial charge is 0.387 e. The van der Waals surface area contributed by atoms with Crippen molar-refractivity contribution in [1.29, 1.82) is 0 Å². The number of carbonyl (C=O) groups is 1. The second-order valence-electron chi connectivity index (χ2n) is 5.05. The van der Waals surface area contributed by atoms with Crippen molar-refractivity contribution in [3.63, 3.8) is 0 Å². The van der Waals surface area contributed by atoms with Gasteiger partial charge >= 0.3 is 6.61 Å². The molecule has 3 N–H and O–H groups in total. The third-order valence-electron chi connectivity index (χ3n) is 3.55. The van der Waals surface area contributed by atoms with E-state index in [9.17, 15) is 18.0 Å². The lowest BCUT2D eigenvalue weighted by molar-refractivity contribution is -0.129. The van der Waals surface area contributed by atoms with E-state index in [0.29, 0.717) is 26.1 Å². The van der Waals surface area contributed by atoms with Crippen LogP contribution in [0.4, 0.5) is 13.2 Å². The van der Waals surface area contributed by atoms with Crippen LogP contribution in [0.2, 0.25) is 0 Å². The average Bonchev–Trinajstić information content (AvgIpc) is 2.46. The average molecular weight is 318 g/mol. The fourth-order valence-corrected chi connectivity index (χ4v) is 2.22. The van der Waals surface area contributed by atoms with E-state index >= 15 is 0 Å². The summed E-state index contributed by atoms with van der Waals surface area (Å²) in [6, 6.07) is 3.57. The number of nitrogens with one attached hydrogen (secondary N) is 1. The first-order chi connectivity index (χ1) is 10.4. The zero-order valence-corrected chi connectivity index (χ0v) is 11.8. The van der Waals surface area contributed by atoms with Crippen molar-refractivity contribution < 1.29 is 27.4 Å². The predicted octanol–water partition coefficient (Wildman–Crippen LogP) is 1.55. The quantitative estimate of drug-likeness (QED) is 0.864. The molecule has 0 unspecified atom stereocenters. The number of benzene rings is 1. The van der Waals surface area contributed by atoms with Gasteiger partial charge in [0.2, 0.25) is 5.91 Å². The molecule has 1 aliphatic heterocycles. The molecule has 1 amide bonds. The Labute approximate surface area is 125 Å². The van der Waals surface area contributed by atoms with Crippen molar-refractivity contribution >= 4 is 5.91 Å². The summed E-state index contributed by atoms with van der Waals surface area (Å²) < 4.78 is 47.8. The fourth-order valence-electron chi connectivity index (χ4n) is 2.22. The van der Waals surface area contributed by atoms with E-state index in [1.54, 1.807) is 0 Å². The number of hydrogen-bond donors (Lipinski definition) is 2. The maximum atomic E-state index is 13.8. The standard InChI is InChI=1S/C14H17F3N2O3/c15-10-2-1-3-11(22-13(16)17)9(10)8-19-12(20)14(18)4-6-21-7-5-14/h1-3,13H,4-8,18H2,(H,19,20). The molecule has 1 aromatic rings. The lowest BCUT2D eigenvalue weighted by Crippen LogP contribution is -2.56. The number of nitrogens with two attached hydrogens (primary N) is 1. The van der Waals surface area contributed by atoms with Crippen molar-refractivity contribution in [1.82, 2.24) is 5.32 Å². The predicted molar refractivity (Wildman–Crippen MR) is 71.9 cm³/mol. The fraction of sp³-hybridized carbons (Fsp3) is 0.500. The Morgan fingerprint density at radius 1 is 1.41 bits per heavy atom. The van der Waals surface area contributed by atoms with Gasteiger partial charge in [0.25, 0.3) is 0 Å². The molecule has 1 aliphatic rings. The van der Waals surface area contributed by atoms with E-state index in [1.807, 2.05) is 0 Å². The van der Waals surface area contributed by atoms with Gasteiger partial charge in [0.05, 0.1) is 5.54 Å². The van der Waals surface area contributed by atoms with Crippen molar-refractivity contribution in [3.8, 4) is 5.75 Å². The summed E-state index contributed by atoms with van der Waals surface area (Å²) in [4.78, 5) is 12.1. The molecule has 22 heavy (non-hydrogen) atoms. The molecule has 0 aliphatic carbocycles. The van der Waals surface area contributed by atoms with E-state index in [0.717, 1.165) is 6.07 Å². The van der Waals surface area contributed by atoms with Crippen LogP contribution in [0.3, 0.4) is 0 Å². The van der Waals surface area contributed by atoms with Gasteiger partial charge in [-0.25, -0.2) is 4.39 Å². The van der Waals surface area contributed by atoms with E-state index in [1.165, 1.54) is 12.1 Å². The van der Waals surface area contributed by atoms with Gasteiger partial charge in [0.1, 0.15) is 11.6 Å². The van der Waals surface area contributed by atoms with Crippen molar-refractivity contribution in [3.05, 3.63) is 29.6 Å². The Bertz CT molecular complexity index is 534. The number of carbonyl (C=O) groups excluding carboxylic acids is 1. The van der Waals surface area contributed by atoms with Crippen LogP contribution in [-0.4, -0.2) is 31.3 Å². The van der Waals surface area contributed by atoms with Crippen LogP contribution in [0.1, 0.15) is 18.4 Å². The maximum absolute atomic E-state index is 13.8. The third kappa shape index (κ3) is 3.89. The highest BCUT2D eigenvalue weighted by molar-refractivity contribution is 5.86. The van der Waals surface area contributed by atoms with Crippen LogP contribution in [-0.2, 0) is 16.1 Å². The summed E-state index contributed by atoms with van der Waals surface area (Å²) >= 11 is 0. The first-order valence-electron chi connectivity index (χ1n) is 6.79. The van der Waals surface area contributed by atoms with Crippen LogP contribution in [0.15, 0.2) is 18.2 Å². The number of alkyl halides is 2. The molecular formula is C14H17F3N2O3. The first-order valence-corrected chi connectivity index (χ1v) is 6.79. The first kappa shape index (κ1) is 16.6. The Hall–Kier alpha value is -1.80. The Morgan fingerprint density at radius 3 is 2.73 bits per heavy atom. The van der Waals surface area contributed by atoms with Gasteiger partial charge in [-0.15, -0.1) is 0 Å². The van der Waals surface area contributed by atoms with Crippen LogP contribution in [0.5, 0.6) is 5.75 Å². The van der Waals surface area contributed by atoms with Crippen molar-refractivity contribution in [2.75, 3.05) is 13.2 Å². The monoisotopic (exact) mass is 318 g/mol. The molecule has 0 bridgehead atoms.